The third-order valence-electron chi connectivity index (χ3n) is 6.93. The quantitative estimate of drug-likeness (QED) is 0.462. The van der Waals surface area contributed by atoms with Gasteiger partial charge in [-0.1, -0.05) is 49.1 Å². The molecule has 1 unspecified atom stereocenters. The van der Waals surface area contributed by atoms with Gasteiger partial charge in [-0.15, -0.1) is 0 Å². The Labute approximate surface area is 226 Å². The van der Waals surface area contributed by atoms with Gasteiger partial charge in [-0.25, -0.2) is 8.42 Å². The summed E-state index contributed by atoms with van der Waals surface area (Å²) in [6, 6.07) is 11.7. The number of rotatable bonds is 11. The van der Waals surface area contributed by atoms with Gasteiger partial charge in [0.15, 0.2) is 0 Å². The zero-order valence-corrected chi connectivity index (χ0v) is 23.7. The first-order valence-electron chi connectivity index (χ1n) is 12.9. The fraction of sp³-hybridized carbons (Fsp3) is 0.500. The smallest absolute Gasteiger partial charge is 0.244 e. The number of nitrogens with zero attached hydrogens (tertiary/aromatic N) is 2. The second-order valence-electron chi connectivity index (χ2n) is 9.83. The lowest BCUT2D eigenvalue weighted by molar-refractivity contribution is -0.139. The molecule has 2 amide bonds. The van der Waals surface area contributed by atoms with E-state index in [1.165, 1.54) is 25.2 Å². The van der Waals surface area contributed by atoms with Crippen molar-refractivity contribution >= 4 is 27.5 Å². The maximum Gasteiger partial charge on any atom is 0.244 e. The largest absolute Gasteiger partial charge is 0.497 e. The molecule has 1 aliphatic carbocycles. The number of nitrogens with one attached hydrogen (secondary N) is 1. The number of hydrogen-bond acceptors (Lipinski definition) is 6. The van der Waals surface area contributed by atoms with Gasteiger partial charge < -0.3 is 19.7 Å². The van der Waals surface area contributed by atoms with Crippen molar-refractivity contribution < 1.29 is 27.5 Å². The first-order chi connectivity index (χ1) is 18.0. The number of carbonyl (C=O) groups excluding carboxylic acids is 2. The van der Waals surface area contributed by atoms with Gasteiger partial charge in [0, 0.05) is 18.7 Å². The van der Waals surface area contributed by atoms with E-state index in [4.69, 9.17) is 9.47 Å². The van der Waals surface area contributed by atoms with Crippen LogP contribution in [0.5, 0.6) is 11.5 Å². The van der Waals surface area contributed by atoms with E-state index in [2.05, 4.69) is 5.32 Å². The number of amides is 2. The predicted molar refractivity (Wildman–Crippen MR) is 148 cm³/mol. The number of anilines is 1. The molecule has 0 heterocycles. The highest BCUT2D eigenvalue weighted by Crippen LogP contribution is 2.33. The first kappa shape index (κ1) is 29.3. The molecule has 1 N–H and O–H groups in total. The second-order valence-corrected chi connectivity index (χ2v) is 11.7. The Hall–Kier alpha value is -3.27. The summed E-state index contributed by atoms with van der Waals surface area (Å²) >= 11 is 0. The van der Waals surface area contributed by atoms with Crippen LogP contribution in [0.3, 0.4) is 0 Å². The molecule has 2 aromatic rings. The monoisotopic (exact) mass is 545 g/mol. The van der Waals surface area contributed by atoms with Gasteiger partial charge in [0.2, 0.25) is 21.8 Å². The van der Waals surface area contributed by atoms with Crippen molar-refractivity contribution in [3.8, 4) is 11.5 Å². The SMILES string of the molecule is COc1ccc(N(CC(=O)N(Cc2ccc(C)cc2)C(C)C(=O)NC2CCCCC2)S(C)(=O)=O)c(OC)c1. The topological polar surface area (TPSA) is 105 Å². The summed E-state index contributed by atoms with van der Waals surface area (Å²) in [7, 11) is -0.968. The summed E-state index contributed by atoms with van der Waals surface area (Å²) in [5.74, 6) is -0.0133. The summed E-state index contributed by atoms with van der Waals surface area (Å²) in [6.45, 7) is 3.33. The molecule has 1 fully saturated rings. The van der Waals surface area contributed by atoms with Crippen molar-refractivity contribution in [3.63, 3.8) is 0 Å². The molecule has 1 saturated carbocycles. The molecule has 2 aromatic carbocycles. The molecule has 0 aliphatic heterocycles. The van der Waals surface area contributed by atoms with Crippen molar-refractivity contribution in [2.45, 2.75) is 64.6 Å². The van der Waals surface area contributed by atoms with Crippen molar-refractivity contribution in [2.75, 3.05) is 31.3 Å². The van der Waals surface area contributed by atoms with Crippen LogP contribution >= 0.6 is 0 Å². The van der Waals surface area contributed by atoms with Crippen LogP contribution in [-0.4, -0.2) is 64.2 Å². The minimum absolute atomic E-state index is 0.0890. The number of hydrogen-bond donors (Lipinski definition) is 1. The van der Waals surface area contributed by atoms with Crippen molar-refractivity contribution in [1.29, 1.82) is 0 Å². The van der Waals surface area contributed by atoms with Crippen LogP contribution in [0.15, 0.2) is 42.5 Å². The van der Waals surface area contributed by atoms with Gasteiger partial charge in [-0.05, 0) is 44.4 Å². The van der Waals surface area contributed by atoms with Crippen molar-refractivity contribution in [1.82, 2.24) is 10.2 Å². The average Bonchev–Trinajstić information content (AvgIpc) is 2.90. The van der Waals surface area contributed by atoms with E-state index in [-0.39, 0.29) is 29.9 Å². The van der Waals surface area contributed by atoms with Gasteiger partial charge in [-0.2, -0.15) is 0 Å². The minimum atomic E-state index is -3.88. The summed E-state index contributed by atoms with van der Waals surface area (Å²) in [5, 5.41) is 3.10. The number of carbonyl (C=O) groups is 2. The highest BCUT2D eigenvalue weighted by atomic mass is 32.2. The zero-order chi connectivity index (χ0) is 27.9. The Morgan fingerprint density at radius 1 is 1.03 bits per heavy atom. The fourth-order valence-electron chi connectivity index (χ4n) is 4.63. The molecule has 38 heavy (non-hydrogen) atoms. The first-order valence-corrected chi connectivity index (χ1v) is 14.7. The Balaban J connectivity index is 1.91. The standard InChI is InChI=1S/C28H39N3O6S/c1-20-11-13-22(14-12-20)18-30(21(2)28(33)29-23-9-7-6-8-10-23)27(32)19-31(38(5,34)35)25-16-15-24(36-3)17-26(25)37-4/h11-17,21,23H,6-10,18-19H2,1-5H3,(H,29,33). The molecule has 9 nitrogen and oxygen atoms in total. The molecule has 1 aliphatic rings. The number of sulfonamides is 1. The van der Waals surface area contributed by atoms with E-state index in [0.29, 0.717) is 5.75 Å². The van der Waals surface area contributed by atoms with Gasteiger partial charge in [-0.3, -0.25) is 13.9 Å². The molecule has 0 radical (unpaired) electrons. The van der Waals surface area contributed by atoms with Gasteiger partial charge in [0.25, 0.3) is 0 Å². The van der Waals surface area contributed by atoms with E-state index >= 15 is 0 Å². The number of methoxy groups -OCH3 is 2. The predicted octanol–water partition coefficient (Wildman–Crippen LogP) is 3.64. The van der Waals surface area contributed by atoms with E-state index in [1.54, 1.807) is 19.1 Å². The fourth-order valence-corrected chi connectivity index (χ4v) is 5.48. The summed E-state index contributed by atoms with van der Waals surface area (Å²) in [6.07, 6.45) is 6.17. The van der Waals surface area contributed by atoms with Crippen LogP contribution in [0.25, 0.3) is 0 Å². The van der Waals surface area contributed by atoms with Gasteiger partial charge >= 0.3 is 0 Å². The molecular formula is C28H39N3O6S. The number of benzene rings is 2. The zero-order valence-electron chi connectivity index (χ0n) is 22.9. The molecule has 0 saturated heterocycles. The molecule has 10 heteroatoms. The summed E-state index contributed by atoms with van der Waals surface area (Å²) in [5.41, 5.74) is 2.12. The molecule has 208 valence electrons. The lowest BCUT2D eigenvalue weighted by atomic mass is 9.95. The normalized spacial score (nSPS) is 14.9. The van der Waals surface area contributed by atoms with Crippen LogP contribution in [-0.2, 0) is 26.2 Å². The maximum absolute atomic E-state index is 13.8. The molecular weight excluding hydrogens is 506 g/mol. The summed E-state index contributed by atoms with van der Waals surface area (Å²) in [4.78, 5) is 28.5. The van der Waals surface area contributed by atoms with Crippen molar-refractivity contribution in [3.05, 3.63) is 53.6 Å². The maximum atomic E-state index is 13.8. The third-order valence-corrected chi connectivity index (χ3v) is 8.05. The van der Waals surface area contributed by atoms with Crippen molar-refractivity contribution in [2.24, 2.45) is 0 Å². The molecule has 0 spiro atoms. The Bertz CT molecular complexity index is 1210. The number of aryl methyl sites for hydroxylation is 1. The Morgan fingerprint density at radius 2 is 1.68 bits per heavy atom. The van der Waals surface area contributed by atoms with E-state index in [1.807, 2.05) is 31.2 Å². The molecule has 1 atom stereocenters. The second kappa shape index (κ2) is 13.0. The van der Waals surface area contributed by atoms with Crippen LogP contribution in [0.4, 0.5) is 5.69 Å². The minimum Gasteiger partial charge on any atom is -0.497 e. The lowest BCUT2D eigenvalue weighted by Crippen LogP contribution is -2.53. The molecule has 3 rings (SSSR count). The van der Waals surface area contributed by atoms with E-state index in [9.17, 15) is 18.0 Å². The lowest BCUT2D eigenvalue weighted by Gasteiger charge is -2.33. The highest BCUT2D eigenvalue weighted by molar-refractivity contribution is 7.92. The number of ether oxygens (including phenoxy) is 2. The Kier molecular flexibility index (Phi) is 10.0. The van der Waals surface area contributed by atoms with Gasteiger partial charge in [0.1, 0.15) is 24.1 Å². The van der Waals surface area contributed by atoms with E-state index < -0.39 is 28.5 Å². The third kappa shape index (κ3) is 7.63. The average molecular weight is 546 g/mol. The Morgan fingerprint density at radius 3 is 2.26 bits per heavy atom. The molecule has 0 aromatic heterocycles. The van der Waals surface area contributed by atoms with E-state index in [0.717, 1.165) is 53.8 Å². The van der Waals surface area contributed by atoms with Crippen LogP contribution in [0.1, 0.15) is 50.2 Å². The van der Waals surface area contributed by atoms with Crippen LogP contribution in [0.2, 0.25) is 0 Å². The van der Waals surface area contributed by atoms with Crippen LogP contribution < -0.4 is 19.1 Å². The highest BCUT2D eigenvalue weighted by Gasteiger charge is 2.32. The molecule has 0 bridgehead atoms. The van der Waals surface area contributed by atoms with Crippen LogP contribution in [0, 0.1) is 6.92 Å². The summed E-state index contributed by atoms with van der Waals surface area (Å²) < 4.78 is 37.4. The van der Waals surface area contributed by atoms with Gasteiger partial charge in [0.05, 0.1) is 26.2 Å².